The lowest BCUT2D eigenvalue weighted by molar-refractivity contribution is 0.0960. The minimum absolute atomic E-state index is 0.109. The number of hydrogen-bond donors (Lipinski definition) is 2. The van der Waals surface area contributed by atoms with Gasteiger partial charge in [-0.3, -0.25) is 9.59 Å². The van der Waals surface area contributed by atoms with Gasteiger partial charge >= 0.3 is 0 Å². The van der Waals surface area contributed by atoms with Gasteiger partial charge in [0.05, 0.1) is 17.8 Å². The Morgan fingerprint density at radius 1 is 1.04 bits per heavy atom. The van der Waals surface area contributed by atoms with Gasteiger partial charge in [-0.15, -0.1) is 0 Å². The average molecular weight is 385 g/mol. The molecule has 3 rings (SSSR count). The van der Waals surface area contributed by atoms with Crippen molar-refractivity contribution in [2.75, 3.05) is 19.5 Å². The molecule has 0 aliphatic heterocycles. The largest absolute Gasteiger partial charge is 0.495 e. The number of carbonyl (C=O) groups excluding carboxylic acids is 2. The molecule has 0 atom stereocenters. The van der Waals surface area contributed by atoms with Crippen LogP contribution in [0.3, 0.4) is 0 Å². The molecule has 2 N–H and O–H groups in total. The molecule has 27 heavy (non-hydrogen) atoms. The third kappa shape index (κ3) is 3.96. The molecule has 6 nitrogen and oxygen atoms in total. The quantitative estimate of drug-likeness (QED) is 0.690. The molecular weight excluding hydrogens is 368 g/mol. The predicted octanol–water partition coefficient (Wildman–Crippen LogP) is 4.22. The molecular formula is C20H17ClN2O4. The predicted molar refractivity (Wildman–Crippen MR) is 103 cm³/mol. The van der Waals surface area contributed by atoms with Gasteiger partial charge in [0.2, 0.25) is 0 Å². The zero-order valence-electron chi connectivity index (χ0n) is 14.7. The lowest BCUT2D eigenvalue weighted by atomic mass is 10.1. The van der Waals surface area contributed by atoms with Crippen LogP contribution in [-0.2, 0) is 0 Å². The maximum Gasteiger partial charge on any atom is 0.291 e. The number of nitrogens with one attached hydrogen (secondary N) is 2. The number of rotatable bonds is 5. The van der Waals surface area contributed by atoms with E-state index in [9.17, 15) is 9.59 Å². The highest BCUT2D eigenvalue weighted by Gasteiger charge is 2.17. The van der Waals surface area contributed by atoms with E-state index in [2.05, 4.69) is 10.6 Å². The molecule has 0 aliphatic carbocycles. The van der Waals surface area contributed by atoms with E-state index >= 15 is 0 Å². The summed E-state index contributed by atoms with van der Waals surface area (Å²) in [4.78, 5) is 24.4. The Morgan fingerprint density at radius 2 is 1.81 bits per heavy atom. The van der Waals surface area contributed by atoms with Gasteiger partial charge in [-0.05, 0) is 42.5 Å². The fraction of sp³-hybridized carbons (Fsp3) is 0.100. The van der Waals surface area contributed by atoms with Gasteiger partial charge in [-0.25, -0.2) is 0 Å². The highest BCUT2D eigenvalue weighted by atomic mass is 35.5. The summed E-state index contributed by atoms with van der Waals surface area (Å²) in [7, 11) is 3.01. The molecule has 0 unspecified atom stereocenters. The summed E-state index contributed by atoms with van der Waals surface area (Å²) in [5.41, 5.74) is 1.45. The van der Waals surface area contributed by atoms with Crippen molar-refractivity contribution in [1.29, 1.82) is 0 Å². The van der Waals surface area contributed by atoms with Gasteiger partial charge in [0.1, 0.15) is 11.5 Å². The third-order valence-electron chi connectivity index (χ3n) is 3.91. The van der Waals surface area contributed by atoms with Crippen molar-refractivity contribution in [2.24, 2.45) is 0 Å². The maximum atomic E-state index is 12.6. The second-order valence-corrected chi connectivity index (χ2v) is 6.00. The molecule has 0 radical (unpaired) electrons. The Labute approximate surface area is 161 Å². The third-order valence-corrected chi connectivity index (χ3v) is 4.24. The summed E-state index contributed by atoms with van der Waals surface area (Å²) >= 11 is 6.16. The Balaban J connectivity index is 1.86. The van der Waals surface area contributed by atoms with Gasteiger partial charge in [0, 0.05) is 18.2 Å². The maximum absolute atomic E-state index is 12.6. The van der Waals surface area contributed by atoms with Crippen LogP contribution >= 0.6 is 11.6 Å². The average Bonchev–Trinajstić information content (AvgIpc) is 3.17. The molecule has 2 amide bonds. The van der Waals surface area contributed by atoms with E-state index in [0.717, 1.165) is 0 Å². The molecule has 2 aromatic carbocycles. The SMILES string of the molecule is CNC(=O)c1ccc(OC)c(NC(=O)c2ccc(-c3ccccc3Cl)o2)c1. The molecule has 0 aliphatic rings. The van der Waals surface area contributed by atoms with Crippen molar-refractivity contribution >= 4 is 29.1 Å². The van der Waals surface area contributed by atoms with Crippen LogP contribution in [0.4, 0.5) is 5.69 Å². The number of carbonyl (C=O) groups is 2. The summed E-state index contributed by atoms with van der Waals surface area (Å²) in [5.74, 6) is 0.274. The van der Waals surface area contributed by atoms with Crippen LogP contribution < -0.4 is 15.4 Å². The summed E-state index contributed by atoms with van der Waals surface area (Å²) in [5, 5.41) is 5.77. The van der Waals surface area contributed by atoms with Crippen molar-refractivity contribution in [3.63, 3.8) is 0 Å². The second-order valence-electron chi connectivity index (χ2n) is 5.59. The highest BCUT2D eigenvalue weighted by molar-refractivity contribution is 6.33. The van der Waals surface area contributed by atoms with Crippen LogP contribution in [0.2, 0.25) is 5.02 Å². The van der Waals surface area contributed by atoms with E-state index in [1.54, 1.807) is 36.4 Å². The lowest BCUT2D eigenvalue weighted by Gasteiger charge is -2.11. The van der Waals surface area contributed by atoms with E-state index in [1.165, 1.54) is 20.2 Å². The van der Waals surface area contributed by atoms with Crippen LogP contribution in [0.25, 0.3) is 11.3 Å². The lowest BCUT2D eigenvalue weighted by Crippen LogP contribution is -2.18. The Hall–Kier alpha value is -3.25. The topological polar surface area (TPSA) is 80.6 Å². The van der Waals surface area contributed by atoms with Crippen LogP contribution in [0, 0.1) is 0 Å². The summed E-state index contributed by atoms with van der Waals surface area (Å²) in [6, 6.07) is 15.2. The van der Waals surface area contributed by atoms with Crippen LogP contribution in [0.1, 0.15) is 20.9 Å². The number of methoxy groups -OCH3 is 1. The van der Waals surface area contributed by atoms with Gasteiger partial charge in [-0.1, -0.05) is 23.7 Å². The van der Waals surface area contributed by atoms with Gasteiger partial charge in [0.15, 0.2) is 5.76 Å². The number of anilines is 1. The molecule has 138 valence electrons. The van der Waals surface area contributed by atoms with Gasteiger partial charge < -0.3 is 19.8 Å². The van der Waals surface area contributed by atoms with Gasteiger partial charge in [0.25, 0.3) is 11.8 Å². The smallest absolute Gasteiger partial charge is 0.291 e. The van der Waals surface area contributed by atoms with Crippen molar-refractivity contribution in [2.45, 2.75) is 0 Å². The Morgan fingerprint density at radius 3 is 2.52 bits per heavy atom. The van der Waals surface area contributed by atoms with Crippen molar-refractivity contribution in [1.82, 2.24) is 5.32 Å². The monoisotopic (exact) mass is 384 g/mol. The molecule has 0 saturated heterocycles. The minimum atomic E-state index is -0.472. The first-order valence-electron chi connectivity index (χ1n) is 8.09. The molecule has 7 heteroatoms. The van der Waals surface area contributed by atoms with E-state index < -0.39 is 5.91 Å². The van der Waals surface area contributed by atoms with Crippen molar-refractivity contribution in [3.8, 4) is 17.1 Å². The molecule has 1 heterocycles. The second kappa shape index (κ2) is 7.97. The Kier molecular flexibility index (Phi) is 5.47. The van der Waals surface area contributed by atoms with Crippen molar-refractivity contribution < 1.29 is 18.7 Å². The number of hydrogen-bond acceptors (Lipinski definition) is 4. The molecule has 3 aromatic rings. The fourth-order valence-electron chi connectivity index (χ4n) is 2.54. The number of amides is 2. The molecule has 0 spiro atoms. The number of ether oxygens (including phenoxy) is 1. The van der Waals surface area contributed by atoms with E-state index in [-0.39, 0.29) is 11.7 Å². The first kappa shape index (κ1) is 18.5. The molecule has 0 fully saturated rings. The zero-order valence-corrected chi connectivity index (χ0v) is 15.5. The van der Waals surface area contributed by atoms with E-state index in [4.69, 9.17) is 20.8 Å². The fourth-order valence-corrected chi connectivity index (χ4v) is 2.77. The number of furan rings is 1. The van der Waals surface area contributed by atoms with Crippen molar-refractivity contribution in [3.05, 3.63) is 70.9 Å². The van der Waals surface area contributed by atoms with Crippen LogP contribution in [0.5, 0.6) is 5.75 Å². The highest BCUT2D eigenvalue weighted by Crippen LogP contribution is 2.30. The minimum Gasteiger partial charge on any atom is -0.495 e. The summed E-state index contributed by atoms with van der Waals surface area (Å²) in [6.45, 7) is 0. The zero-order chi connectivity index (χ0) is 19.4. The van der Waals surface area contributed by atoms with Gasteiger partial charge in [-0.2, -0.15) is 0 Å². The van der Waals surface area contributed by atoms with E-state index in [0.29, 0.717) is 33.3 Å². The first-order valence-corrected chi connectivity index (χ1v) is 8.47. The van der Waals surface area contributed by atoms with Crippen LogP contribution in [-0.4, -0.2) is 26.0 Å². The molecule has 1 aromatic heterocycles. The summed E-state index contributed by atoms with van der Waals surface area (Å²) < 4.78 is 10.9. The number of benzene rings is 2. The number of halogens is 1. The standard InChI is InChI=1S/C20H17ClN2O4/c1-22-19(24)12-7-8-17(26-2)15(11-12)23-20(25)18-10-9-16(27-18)13-5-3-4-6-14(13)21/h3-11H,1-2H3,(H,22,24)(H,23,25). The molecule has 0 bridgehead atoms. The molecule has 0 saturated carbocycles. The first-order chi connectivity index (χ1) is 13.0. The normalized spacial score (nSPS) is 10.3. The summed E-state index contributed by atoms with van der Waals surface area (Å²) in [6.07, 6.45) is 0. The Bertz CT molecular complexity index is 997. The van der Waals surface area contributed by atoms with E-state index in [1.807, 2.05) is 12.1 Å². The van der Waals surface area contributed by atoms with Crippen LogP contribution in [0.15, 0.2) is 59.0 Å².